The largest absolute Gasteiger partial charge is 0.365 e. The SMILES string of the molecule is CCC(C)CC(C)Nc1nccnc1Cl. The number of hydrogen-bond donors (Lipinski definition) is 1. The molecule has 1 aromatic heterocycles. The van der Waals surface area contributed by atoms with Crippen LogP contribution in [-0.2, 0) is 0 Å². The van der Waals surface area contributed by atoms with Crippen molar-refractivity contribution in [2.75, 3.05) is 5.32 Å². The molecule has 3 nitrogen and oxygen atoms in total. The van der Waals surface area contributed by atoms with Gasteiger partial charge in [-0.1, -0.05) is 31.9 Å². The lowest BCUT2D eigenvalue weighted by Crippen LogP contribution is -2.19. The Morgan fingerprint density at radius 2 is 2.00 bits per heavy atom. The Morgan fingerprint density at radius 1 is 1.33 bits per heavy atom. The molecule has 1 rings (SSSR count). The van der Waals surface area contributed by atoms with E-state index in [1.54, 1.807) is 12.4 Å². The first-order chi connectivity index (χ1) is 7.13. The molecule has 0 amide bonds. The van der Waals surface area contributed by atoms with Gasteiger partial charge in [-0.05, 0) is 19.3 Å². The molecule has 0 radical (unpaired) electrons. The zero-order chi connectivity index (χ0) is 11.3. The molecule has 2 unspecified atom stereocenters. The predicted molar refractivity (Wildman–Crippen MR) is 64.2 cm³/mol. The molecule has 0 aliphatic rings. The summed E-state index contributed by atoms with van der Waals surface area (Å²) >= 11 is 5.90. The number of nitrogens with zero attached hydrogens (tertiary/aromatic N) is 2. The first-order valence-electron chi connectivity index (χ1n) is 5.36. The van der Waals surface area contributed by atoms with Crippen LogP contribution in [0.2, 0.25) is 5.15 Å². The maximum Gasteiger partial charge on any atom is 0.171 e. The maximum atomic E-state index is 5.90. The number of halogens is 1. The molecule has 0 saturated heterocycles. The average Bonchev–Trinajstić information content (AvgIpc) is 2.21. The molecule has 4 heteroatoms. The van der Waals surface area contributed by atoms with Crippen LogP contribution in [0.4, 0.5) is 5.82 Å². The summed E-state index contributed by atoms with van der Waals surface area (Å²) in [6.07, 6.45) is 5.54. The Hall–Kier alpha value is -0.830. The van der Waals surface area contributed by atoms with E-state index in [9.17, 15) is 0 Å². The Kier molecular flexibility index (Phi) is 4.82. The standard InChI is InChI=1S/C11H18ClN3/c1-4-8(2)7-9(3)15-11-10(12)13-5-6-14-11/h5-6,8-9H,4,7H2,1-3H3,(H,14,15). The van der Waals surface area contributed by atoms with Gasteiger partial charge in [-0.25, -0.2) is 9.97 Å². The third-order valence-corrected chi connectivity index (χ3v) is 2.77. The van der Waals surface area contributed by atoms with Crippen LogP contribution in [-0.4, -0.2) is 16.0 Å². The first-order valence-corrected chi connectivity index (χ1v) is 5.74. The van der Waals surface area contributed by atoms with Gasteiger partial charge in [0.1, 0.15) is 0 Å². The lowest BCUT2D eigenvalue weighted by Gasteiger charge is -2.18. The highest BCUT2D eigenvalue weighted by atomic mass is 35.5. The van der Waals surface area contributed by atoms with Crippen LogP contribution in [0.1, 0.15) is 33.6 Å². The highest BCUT2D eigenvalue weighted by Crippen LogP contribution is 2.18. The van der Waals surface area contributed by atoms with E-state index in [1.807, 2.05) is 0 Å². The van der Waals surface area contributed by atoms with Gasteiger partial charge in [-0.15, -0.1) is 0 Å². The zero-order valence-corrected chi connectivity index (χ0v) is 10.3. The molecule has 15 heavy (non-hydrogen) atoms. The van der Waals surface area contributed by atoms with Gasteiger partial charge in [-0.2, -0.15) is 0 Å². The number of nitrogens with one attached hydrogen (secondary N) is 1. The molecule has 1 aromatic rings. The summed E-state index contributed by atoms with van der Waals surface area (Å²) in [4.78, 5) is 8.12. The van der Waals surface area contributed by atoms with Crippen LogP contribution < -0.4 is 5.32 Å². The van der Waals surface area contributed by atoms with E-state index < -0.39 is 0 Å². The van der Waals surface area contributed by atoms with E-state index in [0.29, 0.717) is 22.9 Å². The van der Waals surface area contributed by atoms with Gasteiger partial charge in [0, 0.05) is 18.4 Å². The summed E-state index contributed by atoms with van der Waals surface area (Å²) < 4.78 is 0. The third-order valence-electron chi connectivity index (χ3n) is 2.49. The van der Waals surface area contributed by atoms with Crippen molar-refractivity contribution < 1.29 is 0 Å². The van der Waals surface area contributed by atoms with Crippen LogP contribution in [0, 0.1) is 5.92 Å². The van der Waals surface area contributed by atoms with Gasteiger partial charge in [-0.3, -0.25) is 0 Å². The average molecular weight is 228 g/mol. The molecule has 0 aliphatic carbocycles. The Bertz CT molecular complexity index is 304. The lowest BCUT2D eigenvalue weighted by atomic mass is 10.0. The quantitative estimate of drug-likeness (QED) is 0.838. The fourth-order valence-electron chi connectivity index (χ4n) is 1.48. The molecule has 1 heterocycles. The summed E-state index contributed by atoms with van der Waals surface area (Å²) in [6.45, 7) is 6.58. The third kappa shape index (κ3) is 4.04. The monoisotopic (exact) mass is 227 g/mol. The Labute approximate surface area is 96.3 Å². The van der Waals surface area contributed by atoms with Crippen LogP contribution >= 0.6 is 11.6 Å². The van der Waals surface area contributed by atoms with E-state index in [0.717, 1.165) is 6.42 Å². The van der Waals surface area contributed by atoms with Crippen LogP contribution in [0.15, 0.2) is 12.4 Å². The minimum Gasteiger partial charge on any atom is -0.365 e. The smallest absolute Gasteiger partial charge is 0.171 e. The number of rotatable bonds is 5. The molecule has 0 aromatic carbocycles. The molecule has 0 saturated carbocycles. The zero-order valence-electron chi connectivity index (χ0n) is 9.50. The van der Waals surface area contributed by atoms with Crippen molar-refractivity contribution in [2.45, 2.75) is 39.7 Å². The van der Waals surface area contributed by atoms with E-state index in [1.165, 1.54) is 6.42 Å². The van der Waals surface area contributed by atoms with Gasteiger partial charge in [0.15, 0.2) is 11.0 Å². The predicted octanol–water partition coefficient (Wildman–Crippen LogP) is 3.37. The van der Waals surface area contributed by atoms with Gasteiger partial charge in [0.05, 0.1) is 0 Å². The fourth-order valence-corrected chi connectivity index (χ4v) is 1.64. The highest BCUT2D eigenvalue weighted by Gasteiger charge is 2.09. The van der Waals surface area contributed by atoms with Crippen molar-refractivity contribution in [3.63, 3.8) is 0 Å². The first kappa shape index (κ1) is 12.2. The Morgan fingerprint density at radius 3 is 2.60 bits per heavy atom. The normalized spacial score (nSPS) is 14.7. The summed E-state index contributed by atoms with van der Waals surface area (Å²) in [5.74, 6) is 1.39. The summed E-state index contributed by atoms with van der Waals surface area (Å²) in [7, 11) is 0. The van der Waals surface area contributed by atoms with Gasteiger partial charge in [0.25, 0.3) is 0 Å². The molecule has 0 fully saturated rings. The van der Waals surface area contributed by atoms with Crippen molar-refractivity contribution >= 4 is 17.4 Å². The van der Waals surface area contributed by atoms with Crippen LogP contribution in [0.3, 0.4) is 0 Å². The molecular weight excluding hydrogens is 210 g/mol. The van der Waals surface area contributed by atoms with E-state index in [2.05, 4.69) is 36.1 Å². The molecule has 2 atom stereocenters. The number of aromatic nitrogens is 2. The second-order valence-corrected chi connectivity index (χ2v) is 4.35. The van der Waals surface area contributed by atoms with Crippen molar-refractivity contribution in [1.29, 1.82) is 0 Å². The van der Waals surface area contributed by atoms with Crippen molar-refractivity contribution in [3.05, 3.63) is 17.5 Å². The van der Waals surface area contributed by atoms with Gasteiger partial charge in [0.2, 0.25) is 0 Å². The summed E-state index contributed by atoms with van der Waals surface area (Å²) in [6, 6.07) is 0.370. The van der Waals surface area contributed by atoms with Crippen molar-refractivity contribution in [1.82, 2.24) is 9.97 Å². The van der Waals surface area contributed by atoms with E-state index in [-0.39, 0.29) is 0 Å². The van der Waals surface area contributed by atoms with Gasteiger partial charge >= 0.3 is 0 Å². The molecule has 84 valence electrons. The maximum absolute atomic E-state index is 5.90. The highest BCUT2D eigenvalue weighted by molar-refractivity contribution is 6.31. The summed E-state index contributed by atoms with van der Waals surface area (Å²) in [5, 5.41) is 3.71. The second kappa shape index (κ2) is 5.91. The lowest BCUT2D eigenvalue weighted by molar-refractivity contribution is 0.483. The van der Waals surface area contributed by atoms with Gasteiger partial charge < -0.3 is 5.32 Å². The number of anilines is 1. The van der Waals surface area contributed by atoms with E-state index >= 15 is 0 Å². The minimum absolute atomic E-state index is 0.370. The van der Waals surface area contributed by atoms with Crippen LogP contribution in [0.5, 0.6) is 0 Å². The van der Waals surface area contributed by atoms with E-state index in [4.69, 9.17) is 11.6 Å². The topological polar surface area (TPSA) is 37.8 Å². The van der Waals surface area contributed by atoms with Crippen molar-refractivity contribution in [2.24, 2.45) is 5.92 Å². The number of hydrogen-bond acceptors (Lipinski definition) is 3. The molecule has 0 spiro atoms. The Balaban J connectivity index is 2.51. The molecule has 0 bridgehead atoms. The molecule has 1 N–H and O–H groups in total. The second-order valence-electron chi connectivity index (χ2n) is 3.99. The molecule has 0 aliphatic heterocycles. The minimum atomic E-state index is 0.370. The fraction of sp³-hybridized carbons (Fsp3) is 0.636. The molecular formula is C11H18ClN3. The van der Waals surface area contributed by atoms with Crippen LogP contribution in [0.25, 0.3) is 0 Å². The summed E-state index contributed by atoms with van der Waals surface area (Å²) in [5.41, 5.74) is 0. The van der Waals surface area contributed by atoms with Crippen molar-refractivity contribution in [3.8, 4) is 0 Å².